The third-order valence-electron chi connectivity index (χ3n) is 5.89. The number of hydrogen-bond acceptors (Lipinski definition) is 5. The number of hydrazine groups is 1. The van der Waals surface area contributed by atoms with E-state index >= 15 is 0 Å². The van der Waals surface area contributed by atoms with E-state index in [1.807, 2.05) is 58.5 Å². The number of rotatable bonds is 5. The Morgan fingerprint density at radius 2 is 1.71 bits per heavy atom. The number of carbonyl (C=O) groups excluding carboxylic acids is 1. The fourth-order valence-corrected chi connectivity index (χ4v) is 4.38. The number of hydrazone groups is 1. The zero-order valence-electron chi connectivity index (χ0n) is 17.9. The van der Waals surface area contributed by atoms with Crippen molar-refractivity contribution in [1.29, 1.82) is 0 Å². The third-order valence-corrected chi connectivity index (χ3v) is 6.21. The van der Waals surface area contributed by atoms with Crippen LogP contribution in [-0.4, -0.2) is 36.8 Å². The topological polar surface area (TPSA) is 57.2 Å². The Morgan fingerprint density at radius 1 is 1.03 bits per heavy atom. The predicted octanol–water partition coefficient (Wildman–Crippen LogP) is 4.95. The van der Waals surface area contributed by atoms with Crippen LogP contribution in [0.25, 0.3) is 0 Å². The molecule has 0 aromatic heterocycles. The molecule has 6 nitrogen and oxygen atoms in total. The van der Waals surface area contributed by atoms with Gasteiger partial charge in [-0.05, 0) is 42.7 Å². The number of hydrogen-bond donors (Lipinski definition) is 1. The van der Waals surface area contributed by atoms with Gasteiger partial charge < -0.3 is 4.74 Å². The van der Waals surface area contributed by atoms with E-state index in [9.17, 15) is 4.79 Å². The number of carbonyl (C=O) groups is 1. The molecule has 4 rings (SSSR count). The van der Waals surface area contributed by atoms with Crippen molar-refractivity contribution in [2.24, 2.45) is 5.10 Å². The van der Waals surface area contributed by atoms with Gasteiger partial charge in [-0.25, -0.2) is 5.01 Å². The third kappa shape index (κ3) is 5.20. The highest BCUT2D eigenvalue weighted by atomic mass is 35.5. The van der Waals surface area contributed by atoms with E-state index in [1.54, 1.807) is 7.11 Å². The van der Waals surface area contributed by atoms with Gasteiger partial charge in [-0.15, -0.1) is 0 Å². The van der Waals surface area contributed by atoms with E-state index in [1.165, 1.54) is 19.3 Å². The molecule has 0 radical (unpaired) electrons. The second-order valence-corrected chi connectivity index (χ2v) is 8.44. The number of anilines is 1. The summed E-state index contributed by atoms with van der Waals surface area (Å²) in [5, 5.41) is 9.24. The minimum Gasteiger partial charge on any atom is -0.497 e. The van der Waals surface area contributed by atoms with Gasteiger partial charge in [-0.1, -0.05) is 55.1 Å². The van der Waals surface area contributed by atoms with Crippen molar-refractivity contribution in [3.63, 3.8) is 0 Å². The van der Waals surface area contributed by atoms with Crippen molar-refractivity contribution >= 4 is 28.9 Å². The van der Waals surface area contributed by atoms with Crippen LogP contribution in [0.3, 0.4) is 0 Å². The number of amides is 1. The maximum Gasteiger partial charge on any atom is 0.281 e. The summed E-state index contributed by atoms with van der Waals surface area (Å²) in [7, 11) is 1.65. The molecule has 1 fully saturated rings. The fourth-order valence-electron chi connectivity index (χ4n) is 4.16. The zero-order valence-corrected chi connectivity index (χ0v) is 18.6. The van der Waals surface area contributed by atoms with Crippen LogP contribution in [0.5, 0.6) is 5.75 Å². The van der Waals surface area contributed by atoms with Crippen molar-refractivity contribution in [2.45, 2.75) is 44.6 Å². The van der Waals surface area contributed by atoms with Gasteiger partial charge in [0.2, 0.25) is 0 Å². The van der Waals surface area contributed by atoms with Crippen LogP contribution < -0.4 is 15.2 Å². The van der Waals surface area contributed by atoms with Gasteiger partial charge in [0.1, 0.15) is 11.5 Å². The summed E-state index contributed by atoms with van der Waals surface area (Å²) in [4.78, 5) is 13.1. The molecule has 0 bridgehead atoms. The Bertz CT molecular complexity index is 923. The van der Waals surface area contributed by atoms with Crippen LogP contribution in [0.15, 0.2) is 53.6 Å². The molecule has 1 N–H and O–H groups in total. The van der Waals surface area contributed by atoms with E-state index in [-0.39, 0.29) is 11.9 Å². The number of benzene rings is 2. The lowest BCUT2D eigenvalue weighted by atomic mass is 10.0. The van der Waals surface area contributed by atoms with Crippen LogP contribution in [0, 0.1) is 0 Å². The van der Waals surface area contributed by atoms with Crippen LogP contribution in [0.2, 0.25) is 5.02 Å². The number of methoxy groups -OCH3 is 1. The molecular formula is C24H29ClN4O2. The van der Waals surface area contributed by atoms with Gasteiger partial charge in [0, 0.05) is 19.5 Å². The molecule has 2 aromatic rings. The van der Waals surface area contributed by atoms with Gasteiger partial charge in [0.15, 0.2) is 0 Å². The van der Waals surface area contributed by atoms with Crippen molar-refractivity contribution < 1.29 is 9.53 Å². The second kappa shape index (κ2) is 10.2. The van der Waals surface area contributed by atoms with E-state index in [0.29, 0.717) is 17.2 Å². The Hall–Kier alpha value is -2.57. The molecule has 1 amide bonds. The summed E-state index contributed by atoms with van der Waals surface area (Å²) in [6.07, 6.45) is 6.43. The minimum absolute atomic E-state index is 0.112. The number of nitrogens with one attached hydrogen (secondary N) is 1. The largest absolute Gasteiger partial charge is 0.497 e. The average Bonchev–Trinajstić information content (AvgIpc) is 3.21. The van der Waals surface area contributed by atoms with E-state index in [2.05, 4.69) is 5.43 Å². The number of nitrogens with zero attached hydrogens (tertiary/aromatic N) is 3. The van der Waals surface area contributed by atoms with Crippen molar-refractivity contribution in [2.75, 3.05) is 25.2 Å². The summed E-state index contributed by atoms with van der Waals surface area (Å²) in [5.74, 6) is 0.663. The van der Waals surface area contributed by atoms with E-state index < -0.39 is 0 Å². The molecule has 1 saturated heterocycles. The first-order valence-electron chi connectivity index (χ1n) is 11.0. The van der Waals surface area contributed by atoms with Gasteiger partial charge in [-0.3, -0.25) is 15.2 Å². The van der Waals surface area contributed by atoms with Gasteiger partial charge in [-0.2, -0.15) is 5.10 Å². The molecule has 1 atom stereocenters. The molecule has 2 aliphatic rings. The minimum atomic E-state index is -0.131. The SMILES string of the molecule is COc1ccc(C2CC(C(=O)NN3CCCCCCC3)=NN2c2ccccc2Cl)cc1. The van der Waals surface area contributed by atoms with Crippen LogP contribution in [0.4, 0.5) is 5.69 Å². The highest BCUT2D eigenvalue weighted by Gasteiger charge is 2.33. The quantitative estimate of drug-likeness (QED) is 0.714. The molecule has 1 unspecified atom stereocenters. The van der Waals surface area contributed by atoms with Gasteiger partial charge in [0.05, 0.1) is 23.9 Å². The maximum atomic E-state index is 13.1. The first-order valence-corrected chi connectivity index (χ1v) is 11.3. The molecule has 7 heteroatoms. The van der Waals surface area contributed by atoms with Crippen LogP contribution in [-0.2, 0) is 4.79 Å². The number of ether oxygens (including phenoxy) is 1. The lowest BCUT2D eigenvalue weighted by Gasteiger charge is -2.25. The van der Waals surface area contributed by atoms with Crippen molar-refractivity contribution in [3.8, 4) is 5.75 Å². The molecule has 0 saturated carbocycles. The highest BCUT2D eigenvalue weighted by molar-refractivity contribution is 6.40. The van der Waals surface area contributed by atoms with Crippen molar-refractivity contribution in [3.05, 3.63) is 59.1 Å². The monoisotopic (exact) mass is 440 g/mol. The summed E-state index contributed by atoms with van der Waals surface area (Å²) in [6.45, 7) is 1.77. The lowest BCUT2D eigenvalue weighted by molar-refractivity contribution is -0.119. The average molecular weight is 441 g/mol. The molecular weight excluding hydrogens is 412 g/mol. The molecule has 2 heterocycles. The summed E-state index contributed by atoms with van der Waals surface area (Å²) in [6, 6.07) is 15.4. The zero-order chi connectivity index (χ0) is 21.6. The molecule has 31 heavy (non-hydrogen) atoms. The van der Waals surface area contributed by atoms with E-state index in [0.717, 1.165) is 42.9 Å². The summed E-state index contributed by atoms with van der Waals surface area (Å²) in [5.41, 5.74) is 5.45. The molecule has 0 spiro atoms. The molecule has 2 aliphatic heterocycles. The van der Waals surface area contributed by atoms with Gasteiger partial charge in [0.25, 0.3) is 5.91 Å². The number of para-hydroxylation sites is 1. The molecule has 2 aromatic carbocycles. The standard InChI is InChI=1S/C24H29ClN4O2/c1-31-19-13-11-18(12-14-19)23-17-21(26-29(23)22-10-6-5-9-20(22)25)24(30)27-28-15-7-3-2-4-8-16-28/h5-6,9-14,23H,2-4,7-8,15-17H2,1H3,(H,27,30). The molecule has 164 valence electrons. The first-order chi connectivity index (χ1) is 15.2. The Morgan fingerprint density at radius 3 is 2.39 bits per heavy atom. The smallest absolute Gasteiger partial charge is 0.281 e. The highest BCUT2D eigenvalue weighted by Crippen LogP contribution is 2.39. The molecule has 0 aliphatic carbocycles. The number of halogens is 1. The Labute approximate surface area is 188 Å². The normalized spacial score (nSPS) is 20.0. The fraction of sp³-hybridized carbons (Fsp3) is 0.417. The van der Waals surface area contributed by atoms with Crippen LogP contribution in [0.1, 0.15) is 50.1 Å². The van der Waals surface area contributed by atoms with Crippen molar-refractivity contribution in [1.82, 2.24) is 10.4 Å². The Balaban J connectivity index is 1.57. The maximum absolute atomic E-state index is 13.1. The Kier molecular flexibility index (Phi) is 7.10. The van der Waals surface area contributed by atoms with Crippen LogP contribution >= 0.6 is 11.6 Å². The van der Waals surface area contributed by atoms with Gasteiger partial charge >= 0.3 is 0 Å². The predicted molar refractivity (Wildman–Crippen MR) is 125 cm³/mol. The summed E-state index contributed by atoms with van der Waals surface area (Å²) < 4.78 is 5.29. The second-order valence-electron chi connectivity index (χ2n) is 8.03. The first kappa shape index (κ1) is 21.7. The summed E-state index contributed by atoms with van der Waals surface area (Å²) >= 11 is 6.48. The van der Waals surface area contributed by atoms with E-state index in [4.69, 9.17) is 21.4 Å². The lowest BCUT2D eigenvalue weighted by Crippen LogP contribution is -2.46.